The molecule has 0 atom stereocenters. The van der Waals surface area contributed by atoms with E-state index in [9.17, 15) is 9.90 Å². The van der Waals surface area contributed by atoms with Gasteiger partial charge in [0.2, 0.25) is 0 Å². The molecule has 0 saturated carbocycles. The molecule has 0 aromatic heterocycles. The largest absolute Gasteiger partial charge is 0.507 e. The van der Waals surface area contributed by atoms with Crippen LogP contribution in [0, 0.1) is 0 Å². The average Bonchev–Trinajstić information content (AvgIpc) is 2.77. The van der Waals surface area contributed by atoms with Crippen molar-refractivity contribution in [1.82, 2.24) is 5.01 Å². The summed E-state index contributed by atoms with van der Waals surface area (Å²) in [5.41, 5.74) is 0.579. The molecule has 0 radical (unpaired) electrons. The highest BCUT2D eigenvalue weighted by atomic mass is 32.2. The van der Waals surface area contributed by atoms with Crippen molar-refractivity contribution < 1.29 is 9.90 Å². The van der Waals surface area contributed by atoms with Crippen LogP contribution < -0.4 is 0 Å². The van der Waals surface area contributed by atoms with Gasteiger partial charge in [-0.05, 0) is 16.8 Å². The summed E-state index contributed by atoms with van der Waals surface area (Å²) in [5.74, 6) is 0.297. The highest BCUT2D eigenvalue weighted by Gasteiger charge is 2.26. The first-order chi connectivity index (χ1) is 9.66. The third-order valence-corrected chi connectivity index (χ3v) is 4.32. The number of thiocarbonyl (C=S) groups is 1. The van der Waals surface area contributed by atoms with Crippen LogP contribution in [0.4, 0.5) is 0 Å². The van der Waals surface area contributed by atoms with Crippen LogP contribution in [-0.4, -0.2) is 32.3 Å². The number of phenols is 1. The van der Waals surface area contributed by atoms with Crippen LogP contribution in [-0.2, 0) is 4.79 Å². The van der Waals surface area contributed by atoms with Gasteiger partial charge in [0.1, 0.15) is 5.75 Å². The number of fused-ring (bicyclic) bond motifs is 1. The Morgan fingerprint density at radius 1 is 1.30 bits per heavy atom. The second-order valence-corrected chi connectivity index (χ2v) is 5.83. The van der Waals surface area contributed by atoms with E-state index in [1.165, 1.54) is 23.0 Å². The average molecular weight is 302 g/mol. The quantitative estimate of drug-likeness (QED) is 0.684. The fraction of sp³-hybridized carbons (Fsp3) is 0.0714. The van der Waals surface area contributed by atoms with Crippen molar-refractivity contribution in [3.05, 3.63) is 42.0 Å². The molecule has 3 rings (SSSR count). The third kappa shape index (κ3) is 2.28. The number of phenolic OH excluding ortho intramolecular Hbond substituents is 1. The summed E-state index contributed by atoms with van der Waals surface area (Å²) in [6.07, 6.45) is 1.48. The van der Waals surface area contributed by atoms with E-state index in [1.54, 1.807) is 6.07 Å². The van der Waals surface area contributed by atoms with Crippen LogP contribution in [0.25, 0.3) is 10.8 Å². The first-order valence-electron chi connectivity index (χ1n) is 5.91. The third-order valence-electron chi connectivity index (χ3n) is 2.98. The van der Waals surface area contributed by atoms with Crippen molar-refractivity contribution in [3.63, 3.8) is 0 Å². The van der Waals surface area contributed by atoms with Gasteiger partial charge < -0.3 is 5.11 Å². The highest BCUT2D eigenvalue weighted by molar-refractivity contribution is 8.23. The van der Waals surface area contributed by atoms with Gasteiger partial charge in [-0.2, -0.15) is 10.1 Å². The Morgan fingerprint density at radius 2 is 2.10 bits per heavy atom. The van der Waals surface area contributed by atoms with E-state index in [1.807, 2.05) is 30.3 Å². The molecule has 4 nitrogen and oxygen atoms in total. The number of hydrazone groups is 1. The molecule has 1 amide bonds. The maximum Gasteiger partial charge on any atom is 0.259 e. The number of aromatic hydroxyl groups is 1. The van der Waals surface area contributed by atoms with Crippen LogP contribution in [0.3, 0.4) is 0 Å². The first-order valence-corrected chi connectivity index (χ1v) is 7.30. The Morgan fingerprint density at radius 3 is 2.85 bits per heavy atom. The number of carbonyl (C=O) groups is 1. The second-order valence-electron chi connectivity index (χ2n) is 4.22. The molecule has 0 aliphatic carbocycles. The Kier molecular flexibility index (Phi) is 3.42. The topological polar surface area (TPSA) is 52.9 Å². The fourth-order valence-electron chi connectivity index (χ4n) is 1.99. The molecular formula is C14H10N2O2S2. The van der Waals surface area contributed by atoms with Gasteiger partial charge in [0.05, 0.1) is 12.0 Å². The van der Waals surface area contributed by atoms with Crippen molar-refractivity contribution in [3.8, 4) is 5.75 Å². The summed E-state index contributed by atoms with van der Waals surface area (Å²) in [6.45, 7) is 0. The van der Waals surface area contributed by atoms with Crippen molar-refractivity contribution in [1.29, 1.82) is 0 Å². The van der Waals surface area contributed by atoms with Gasteiger partial charge in [-0.15, -0.1) is 0 Å². The number of hydrogen-bond donors (Lipinski definition) is 1. The number of carbonyl (C=O) groups excluding carboxylic acids is 1. The summed E-state index contributed by atoms with van der Waals surface area (Å²) in [5, 5.41) is 17.2. The van der Waals surface area contributed by atoms with Gasteiger partial charge in [-0.3, -0.25) is 4.79 Å². The number of thioether (sulfide) groups is 1. The number of hydrogen-bond acceptors (Lipinski definition) is 5. The van der Waals surface area contributed by atoms with Crippen LogP contribution in [0.2, 0.25) is 0 Å². The second kappa shape index (κ2) is 5.22. The van der Waals surface area contributed by atoms with Gasteiger partial charge >= 0.3 is 0 Å². The maximum absolute atomic E-state index is 11.6. The number of nitrogens with zero attached hydrogens (tertiary/aromatic N) is 2. The van der Waals surface area contributed by atoms with Crippen LogP contribution >= 0.6 is 24.0 Å². The smallest absolute Gasteiger partial charge is 0.259 e. The minimum Gasteiger partial charge on any atom is -0.507 e. The lowest BCUT2D eigenvalue weighted by Gasteiger charge is -2.08. The molecule has 0 unspecified atom stereocenters. The van der Waals surface area contributed by atoms with Crippen molar-refractivity contribution >= 4 is 51.2 Å². The SMILES string of the molecule is O=C1CSC(=S)N1/N=C/c1c(O)ccc2ccccc12. The summed E-state index contributed by atoms with van der Waals surface area (Å²) < 4.78 is 0.436. The van der Waals surface area contributed by atoms with Crippen molar-refractivity contribution in [2.45, 2.75) is 0 Å². The summed E-state index contributed by atoms with van der Waals surface area (Å²) in [7, 11) is 0. The summed E-state index contributed by atoms with van der Waals surface area (Å²) in [4.78, 5) is 11.6. The molecule has 100 valence electrons. The molecule has 0 spiro atoms. The van der Waals surface area contributed by atoms with E-state index < -0.39 is 0 Å². The molecule has 1 aliphatic heterocycles. The lowest BCUT2D eigenvalue weighted by molar-refractivity contribution is -0.123. The van der Waals surface area contributed by atoms with Crippen molar-refractivity contribution in [2.75, 3.05) is 5.75 Å². The molecule has 1 fully saturated rings. The maximum atomic E-state index is 11.6. The van der Waals surface area contributed by atoms with E-state index in [-0.39, 0.29) is 11.7 Å². The summed E-state index contributed by atoms with van der Waals surface area (Å²) >= 11 is 6.34. The van der Waals surface area contributed by atoms with E-state index in [4.69, 9.17) is 12.2 Å². The highest BCUT2D eigenvalue weighted by Crippen LogP contribution is 2.26. The normalized spacial score (nSPS) is 15.7. The number of rotatable bonds is 2. The first kappa shape index (κ1) is 13.1. The predicted molar refractivity (Wildman–Crippen MR) is 85.1 cm³/mol. The Bertz CT molecular complexity index is 727. The predicted octanol–water partition coefficient (Wildman–Crippen LogP) is 2.74. The number of amides is 1. The molecule has 2 aromatic carbocycles. The zero-order chi connectivity index (χ0) is 14.1. The fourth-order valence-corrected chi connectivity index (χ4v) is 2.96. The lowest BCUT2D eigenvalue weighted by atomic mass is 10.0. The zero-order valence-electron chi connectivity index (χ0n) is 10.3. The van der Waals surface area contributed by atoms with E-state index in [2.05, 4.69) is 5.10 Å². The molecule has 1 N–H and O–H groups in total. The van der Waals surface area contributed by atoms with Crippen LogP contribution in [0.1, 0.15) is 5.56 Å². The van der Waals surface area contributed by atoms with E-state index >= 15 is 0 Å². The molecule has 2 aromatic rings. The monoisotopic (exact) mass is 302 g/mol. The van der Waals surface area contributed by atoms with Gasteiger partial charge in [0, 0.05) is 5.56 Å². The molecular weight excluding hydrogens is 292 g/mol. The molecule has 1 aliphatic rings. The molecule has 20 heavy (non-hydrogen) atoms. The van der Waals surface area contributed by atoms with Crippen LogP contribution in [0.5, 0.6) is 5.75 Å². The van der Waals surface area contributed by atoms with Crippen LogP contribution in [0.15, 0.2) is 41.5 Å². The zero-order valence-corrected chi connectivity index (χ0v) is 11.9. The minimum atomic E-state index is -0.143. The standard InChI is InChI=1S/C14H10N2O2S2/c17-12-6-5-9-3-1-2-4-10(9)11(12)7-15-16-13(18)8-20-14(16)19/h1-7,17H,8H2/b15-7+. The van der Waals surface area contributed by atoms with Gasteiger partial charge in [-0.1, -0.05) is 54.3 Å². The van der Waals surface area contributed by atoms with Crippen molar-refractivity contribution in [2.24, 2.45) is 5.10 Å². The number of benzene rings is 2. The van der Waals surface area contributed by atoms with E-state index in [0.717, 1.165) is 10.8 Å². The Labute approximate surface area is 125 Å². The van der Waals surface area contributed by atoms with E-state index in [0.29, 0.717) is 15.6 Å². The van der Waals surface area contributed by atoms with Gasteiger partial charge in [0.25, 0.3) is 5.91 Å². The Hall–Kier alpha value is -1.92. The summed E-state index contributed by atoms with van der Waals surface area (Å²) in [6, 6.07) is 11.1. The van der Waals surface area contributed by atoms with Gasteiger partial charge in [0.15, 0.2) is 4.32 Å². The molecule has 1 heterocycles. The molecule has 1 saturated heterocycles. The molecule has 0 bridgehead atoms. The Balaban J connectivity index is 2.04. The minimum absolute atomic E-state index is 0.123. The lowest BCUT2D eigenvalue weighted by Crippen LogP contribution is -2.22. The van der Waals surface area contributed by atoms with Gasteiger partial charge in [-0.25, -0.2) is 0 Å². The molecule has 6 heteroatoms.